The monoisotopic (exact) mass is 460 g/mol. The van der Waals surface area contributed by atoms with Crippen LogP contribution in [-0.2, 0) is 4.43 Å². The largest absolute Gasteiger partial charge is 0.414 e. The highest BCUT2D eigenvalue weighted by Crippen LogP contribution is 2.68. The van der Waals surface area contributed by atoms with Crippen LogP contribution in [0.4, 0.5) is 0 Å². The standard InChI is InChI=1S/C30H56OSi/c1-21(2)12-11-13-22(3)24-15-16-25-28-26(17-19-30(24,25)5)29(4)18-10-9-14-23(29)20-27(28)31-32(6,7)8/h21-28H,9-20H2,1-8H3/t22-,23+,24-,25+,26+,27-,28+,29+,30-/m1/s1. The van der Waals surface area contributed by atoms with Crippen molar-refractivity contribution in [3.05, 3.63) is 0 Å². The molecule has 4 aliphatic carbocycles. The normalized spacial score (nSPS) is 45.3. The van der Waals surface area contributed by atoms with Crippen LogP contribution in [-0.4, -0.2) is 14.4 Å². The second-order valence-electron chi connectivity index (χ2n) is 14.8. The number of fused-ring (bicyclic) bond motifs is 5. The minimum atomic E-state index is -1.54. The van der Waals surface area contributed by atoms with Crippen LogP contribution in [0.2, 0.25) is 19.6 Å². The zero-order chi connectivity index (χ0) is 23.3. The summed E-state index contributed by atoms with van der Waals surface area (Å²) in [5, 5.41) is 0. The lowest BCUT2D eigenvalue weighted by Gasteiger charge is -2.63. The summed E-state index contributed by atoms with van der Waals surface area (Å²) >= 11 is 0. The van der Waals surface area contributed by atoms with E-state index >= 15 is 0 Å². The third kappa shape index (κ3) is 4.67. The maximum Gasteiger partial charge on any atom is 0.184 e. The van der Waals surface area contributed by atoms with Crippen molar-refractivity contribution in [3.63, 3.8) is 0 Å². The van der Waals surface area contributed by atoms with E-state index in [4.69, 9.17) is 4.43 Å². The molecule has 0 amide bonds. The molecule has 4 rings (SSSR count). The molecule has 4 fully saturated rings. The van der Waals surface area contributed by atoms with Gasteiger partial charge in [-0.2, -0.15) is 0 Å². The van der Waals surface area contributed by atoms with E-state index < -0.39 is 8.32 Å². The van der Waals surface area contributed by atoms with Gasteiger partial charge in [-0.15, -0.1) is 0 Å². The zero-order valence-electron chi connectivity index (χ0n) is 23.0. The SMILES string of the molecule is CC(C)CCC[C@@H](C)[C@H]1CC[C@H]2[C@@H]3[C@H](O[Si](C)(C)C)C[C@@H]4CCCC[C@]4(C)[C@H]3CC[C@]12C. The lowest BCUT2D eigenvalue weighted by atomic mass is 9.44. The van der Waals surface area contributed by atoms with Gasteiger partial charge in [0.1, 0.15) is 0 Å². The molecule has 0 unspecified atom stereocenters. The Balaban J connectivity index is 1.58. The maximum absolute atomic E-state index is 7.12. The molecule has 4 aliphatic rings. The van der Waals surface area contributed by atoms with E-state index in [0.29, 0.717) is 16.9 Å². The van der Waals surface area contributed by atoms with E-state index in [1.54, 1.807) is 0 Å². The average Bonchev–Trinajstić information content (AvgIpc) is 3.04. The summed E-state index contributed by atoms with van der Waals surface area (Å²) in [6, 6.07) is 0. The van der Waals surface area contributed by atoms with Crippen molar-refractivity contribution in [3.8, 4) is 0 Å². The second kappa shape index (κ2) is 9.33. The first-order valence-electron chi connectivity index (χ1n) is 14.6. The van der Waals surface area contributed by atoms with Crippen LogP contribution in [0.1, 0.15) is 112 Å². The van der Waals surface area contributed by atoms with Crippen LogP contribution in [0.5, 0.6) is 0 Å². The van der Waals surface area contributed by atoms with Crippen LogP contribution in [0, 0.1) is 52.3 Å². The smallest absolute Gasteiger partial charge is 0.184 e. The van der Waals surface area contributed by atoms with E-state index in [0.717, 1.165) is 41.4 Å². The molecule has 2 heteroatoms. The van der Waals surface area contributed by atoms with E-state index in [2.05, 4.69) is 54.3 Å². The minimum Gasteiger partial charge on any atom is -0.414 e. The van der Waals surface area contributed by atoms with Crippen LogP contribution >= 0.6 is 0 Å². The zero-order valence-corrected chi connectivity index (χ0v) is 24.0. The molecule has 186 valence electrons. The Morgan fingerprint density at radius 2 is 1.56 bits per heavy atom. The Hall–Kier alpha value is 0.177. The molecule has 1 nitrogen and oxygen atoms in total. The minimum absolute atomic E-state index is 0.558. The molecule has 32 heavy (non-hydrogen) atoms. The van der Waals surface area contributed by atoms with Crippen molar-refractivity contribution >= 4 is 8.32 Å². The molecule has 0 heterocycles. The summed E-state index contributed by atoms with van der Waals surface area (Å²) < 4.78 is 7.12. The summed E-state index contributed by atoms with van der Waals surface area (Å²) in [6.07, 6.45) is 18.1. The molecule has 4 saturated carbocycles. The van der Waals surface area contributed by atoms with Gasteiger partial charge >= 0.3 is 0 Å². The highest BCUT2D eigenvalue weighted by molar-refractivity contribution is 6.69. The van der Waals surface area contributed by atoms with Gasteiger partial charge in [0.05, 0.1) is 0 Å². The fourth-order valence-corrected chi connectivity index (χ4v) is 11.0. The van der Waals surface area contributed by atoms with Gasteiger partial charge in [-0.1, -0.05) is 66.7 Å². The highest BCUT2D eigenvalue weighted by Gasteiger charge is 2.63. The maximum atomic E-state index is 7.12. The van der Waals surface area contributed by atoms with Gasteiger partial charge in [0.25, 0.3) is 0 Å². The molecule has 9 atom stereocenters. The van der Waals surface area contributed by atoms with Crippen LogP contribution in [0.15, 0.2) is 0 Å². The van der Waals surface area contributed by atoms with Gasteiger partial charge in [-0.05, 0) is 117 Å². The Bertz CT molecular complexity index is 637. The van der Waals surface area contributed by atoms with Crippen molar-refractivity contribution in [2.45, 2.75) is 137 Å². The fourth-order valence-electron chi connectivity index (χ4n) is 9.83. The molecule has 0 aromatic heterocycles. The first-order chi connectivity index (χ1) is 15.0. The molecule has 0 saturated heterocycles. The van der Waals surface area contributed by atoms with E-state index in [9.17, 15) is 0 Å². The van der Waals surface area contributed by atoms with E-state index in [1.807, 2.05) is 0 Å². The van der Waals surface area contributed by atoms with Gasteiger partial charge in [0.2, 0.25) is 0 Å². The van der Waals surface area contributed by atoms with Gasteiger partial charge in [-0.25, -0.2) is 0 Å². The summed E-state index contributed by atoms with van der Waals surface area (Å²) in [5.74, 6) is 6.32. The molecule has 0 bridgehead atoms. The molecule has 0 radical (unpaired) electrons. The molecule has 0 aromatic rings. The molecule has 0 N–H and O–H groups in total. The third-order valence-electron chi connectivity index (χ3n) is 11.3. The Morgan fingerprint density at radius 1 is 0.844 bits per heavy atom. The van der Waals surface area contributed by atoms with Crippen molar-refractivity contribution in [2.75, 3.05) is 0 Å². The summed E-state index contributed by atoms with van der Waals surface area (Å²) in [7, 11) is -1.54. The first-order valence-corrected chi connectivity index (χ1v) is 18.0. The van der Waals surface area contributed by atoms with E-state index in [-0.39, 0.29) is 0 Å². The Morgan fingerprint density at radius 3 is 2.25 bits per heavy atom. The predicted molar refractivity (Wildman–Crippen MR) is 141 cm³/mol. The number of rotatable bonds is 7. The van der Waals surface area contributed by atoms with Crippen LogP contribution < -0.4 is 0 Å². The predicted octanol–water partition coefficient (Wildman–Crippen LogP) is 9.33. The van der Waals surface area contributed by atoms with E-state index in [1.165, 1.54) is 77.0 Å². The molecule has 0 spiro atoms. The topological polar surface area (TPSA) is 9.23 Å². The van der Waals surface area contributed by atoms with Gasteiger partial charge in [0, 0.05) is 6.10 Å². The Kier molecular flexibility index (Phi) is 7.37. The highest BCUT2D eigenvalue weighted by atomic mass is 28.4. The van der Waals surface area contributed by atoms with Crippen molar-refractivity contribution in [1.82, 2.24) is 0 Å². The van der Waals surface area contributed by atoms with Crippen molar-refractivity contribution in [1.29, 1.82) is 0 Å². The quantitative estimate of drug-likeness (QED) is 0.344. The summed E-state index contributed by atoms with van der Waals surface area (Å²) in [6.45, 7) is 20.2. The molecule has 0 aliphatic heterocycles. The molecule has 0 aromatic carbocycles. The fraction of sp³-hybridized carbons (Fsp3) is 1.00. The van der Waals surface area contributed by atoms with Crippen LogP contribution in [0.3, 0.4) is 0 Å². The van der Waals surface area contributed by atoms with Crippen molar-refractivity contribution < 1.29 is 4.43 Å². The van der Waals surface area contributed by atoms with Gasteiger partial charge in [0.15, 0.2) is 8.32 Å². The van der Waals surface area contributed by atoms with Crippen molar-refractivity contribution in [2.24, 2.45) is 52.3 Å². The molecular formula is C30H56OSi. The summed E-state index contributed by atoms with van der Waals surface area (Å²) in [4.78, 5) is 0. The third-order valence-corrected chi connectivity index (χ3v) is 12.3. The summed E-state index contributed by atoms with van der Waals surface area (Å²) in [5.41, 5.74) is 1.17. The lowest BCUT2D eigenvalue weighted by Crippen LogP contribution is -2.59. The average molecular weight is 461 g/mol. The second-order valence-corrected chi connectivity index (χ2v) is 19.2. The number of hydrogen-bond donors (Lipinski definition) is 0. The van der Waals surface area contributed by atoms with Gasteiger partial charge in [-0.3, -0.25) is 0 Å². The van der Waals surface area contributed by atoms with Crippen LogP contribution in [0.25, 0.3) is 0 Å². The number of hydrogen-bond acceptors (Lipinski definition) is 1. The van der Waals surface area contributed by atoms with Gasteiger partial charge < -0.3 is 4.43 Å². The lowest BCUT2D eigenvalue weighted by molar-refractivity contribution is -0.159. The molecular weight excluding hydrogens is 404 g/mol. The Labute approximate surface area is 202 Å². The first kappa shape index (κ1) is 25.3.